The second kappa shape index (κ2) is 8.43. The zero-order valence-electron chi connectivity index (χ0n) is 19.3. The number of hydrogen-bond acceptors (Lipinski definition) is 4. The van der Waals surface area contributed by atoms with Crippen molar-refractivity contribution in [3.8, 4) is 11.4 Å². The molecule has 2 amide bonds. The van der Waals surface area contributed by atoms with Gasteiger partial charge in [-0.1, -0.05) is 30.3 Å². The predicted molar refractivity (Wildman–Crippen MR) is 126 cm³/mol. The van der Waals surface area contributed by atoms with Crippen molar-refractivity contribution in [3.05, 3.63) is 78.1 Å². The summed E-state index contributed by atoms with van der Waals surface area (Å²) in [5.74, 6) is -1.60. The predicted octanol–water partition coefficient (Wildman–Crippen LogP) is 4.72. The van der Waals surface area contributed by atoms with Crippen LogP contribution in [0.5, 0.6) is 0 Å². The lowest BCUT2D eigenvalue weighted by molar-refractivity contribution is 0.0658. The van der Waals surface area contributed by atoms with Gasteiger partial charge in [-0.05, 0) is 63.5 Å². The average molecular weight is 464 g/mol. The lowest BCUT2D eigenvalue weighted by Gasteiger charge is -2.48. The number of anilines is 1. The van der Waals surface area contributed by atoms with Crippen LogP contribution in [0.25, 0.3) is 11.4 Å². The van der Waals surface area contributed by atoms with Gasteiger partial charge in [0.25, 0.3) is 0 Å². The summed E-state index contributed by atoms with van der Waals surface area (Å²) in [6.07, 6.45) is 6.69. The van der Waals surface area contributed by atoms with E-state index in [9.17, 15) is 13.6 Å². The first-order chi connectivity index (χ1) is 16.3. The van der Waals surface area contributed by atoms with Crippen LogP contribution in [0.3, 0.4) is 0 Å². The molecular weight excluding hydrogens is 436 g/mol. The van der Waals surface area contributed by atoms with Crippen molar-refractivity contribution >= 4 is 11.7 Å². The fourth-order valence-electron chi connectivity index (χ4n) is 5.33. The van der Waals surface area contributed by atoms with E-state index < -0.39 is 11.6 Å². The maximum Gasteiger partial charge on any atom is 0.322 e. The first-order valence-corrected chi connectivity index (χ1v) is 11.4. The lowest BCUT2D eigenvalue weighted by Crippen LogP contribution is -2.54. The van der Waals surface area contributed by atoms with Crippen molar-refractivity contribution in [1.29, 1.82) is 0 Å². The van der Waals surface area contributed by atoms with Crippen LogP contribution >= 0.6 is 0 Å². The van der Waals surface area contributed by atoms with E-state index >= 15 is 0 Å². The van der Waals surface area contributed by atoms with Gasteiger partial charge in [0.05, 0.1) is 30.2 Å². The molecule has 5 rings (SSSR count). The third kappa shape index (κ3) is 3.81. The summed E-state index contributed by atoms with van der Waals surface area (Å²) in [6, 6.07) is 13.9. The molecule has 0 bridgehead atoms. The molecule has 6 nitrogen and oxygen atoms in total. The molecule has 1 N–H and O–H groups in total. The summed E-state index contributed by atoms with van der Waals surface area (Å²) < 4.78 is 26.8. The lowest BCUT2D eigenvalue weighted by atomic mass is 9.69. The third-order valence-corrected chi connectivity index (χ3v) is 7.41. The van der Waals surface area contributed by atoms with Crippen LogP contribution in [-0.4, -0.2) is 47.1 Å². The minimum Gasteiger partial charge on any atom is -0.330 e. The molecule has 0 unspecified atom stereocenters. The van der Waals surface area contributed by atoms with Crippen molar-refractivity contribution in [2.45, 2.75) is 36.8 Å². The topological polar surface area (TPSA) is 61.4 Å². The number of benzene rings is 2. The standard InChI is InChI=1S/C26H27F2N5O/c1-32(2)26(19-6-4-3-5-7-19)12-10-25(11-13-26)17-33(24(34)31-25)20-15-29-23(30-16-20)18-8-9-21(27)22(28)14-18/h3-9,14-16H,10-13,17H2,1-2H3,(H,31,34)/t25-,26-. The van der Waals surface area contributed by atoms with Crippen molar-refractivity contribution < 1.29 is 13.6 Å². The van der Waals surface area contributed by atoms with Crippen molar-refractivity contribution in [2.75, 3.05) is 25.5 Å². The van der Waals surface area contributed by atoms with Crippen LogP contribution in [0.4, 0.5) is 19.3 Å². The SMILES string of the molecule is CN(C)[C@]1(c2ccccc2)CC[C@@]2(CC1)CN(c1cnc(-c3ccc(F)c(F)c3)nc1)C(=O)N2. The van der Waals surface area contributed by atoms with Crippen LogP contribution in [0, 0.1) is 11.6 Å². The number of amides is 2. The molecule has 2 aromatic carbocycles. The number of halogens is 2. The van der Waals surface area contributed by atoms with Crippen LogP contribution in [0.1, 0.15) is 31.2 Å². The van der Waals surface area contributed by atoms with Crippen molar-refractivity contribution in [2.24, 2.45) is 0 Å². The van der Waals surface area contributed by atoms with E-state index in [1.165, 1.54) is 11.6 Å². The van der Waals surface area contributed by atoms with Crippen molar-refractivity contribution in [1.82, 2.24) is 20.2 Å². The Hall–Kier alpha value is -3.39. The zero-order valence-corrected chi connectivity index (χ0v) is 19.3. The van der Waals surface area contributed by atoms with Gasteiger partial charge in [0, 0.05) is 11.1 Å². The van der Waals surface area contributed by atoms with Gasteiger partial charge >= 0.3 is 6.03 Å². The first-order valence-electron chi connectivity index (χ1n) is 11.4. The van der Waals surface area contributed by atoms with Crippen molar-refractivity contribution in [3.63, 3.8) is 0 Å². The molecule has 1 aliphatic carbocycles. The fourth-order valence-corrected chi connectivity index (χ4v) is 5.33. The Labute approximate surface area is 197 Å². The largest absolute Gasteiger partial charge is 0.330 e. The second-order valence-corrected chi connectivity index (χ2v) is 9.48. The van der Waals surface area contributed by atoms with Gasteiger partial charge in [-0.3, -0.25) is 9.80 Å². The molecule has 2 fully saturated rings. The Bertz CT molecular complexity index is 1190. The van der Waals surface area contributed by atoms with E-state index in [0.29, 0.717) is 17.8 Å². The number of nitrogens with one attached hydrogen (secondary N) is 1. The van der Waals surface area contributed by atoms with Crippen LogP contribution in [-0.2, 0) is 5.54 Å². The summed E-state index contributed by atoms with van der Waals surface area (Å²) in [7, 11) is 4.24. The molecule has 8 heteroatoms. The summed E-state index contributed by atoms with van der Waals surface area (Å²) in [5, 5.41) is 3.23. The zero-order chi connectivity index (χ0) is 23.9. The van der Waals surface area contributed by atoms with E-state index in [2.05, 4.69) is 58.5 Å². The Balaban J connectivity index is 1.33. The smallest absolute Gasteiger partial charge is 0.322 e. The quantitative estimate of drug-likeness (QED) is 0.608. The Kier molecular flexibility index (Phi) is 5.56. The van der Waals surface area contributed by atoms with Gasteiger partial charge in [0.2, 0.25) is 0 Å². The van der Waals surface area contributed by atoms with Crippen LogP contribution in [0.2, 0.25) is 0 Å². The van der Waals surface area contributed by atoms with Gasteiger partial charge in [-0.25, -0.2) is 23.5 Å². The minimum absolute atomic E-state index is 0.0557. The normalized spacial score (nSPS) is 24.6. The van der Waals surface area contributed by atoms with Gasteiger partial charge in [-0.15, -0.1) is 0 Å². The minimum atomic E-state index is -0.951. The average Bonchev–Trinajstić information content (AvgIpc) is 3.17. The fraction of sp³-hybridized carbons (Fsp3) is 0.346. The highest BCUT2D eigenvalue weighted by Crippen LogP contribution is 2.46. The molecule has 1 saturated heterocycles. The van der Waals surface area contributed by atoms with E-state index in [1.807, 2.05) is 6.07 Å². The summed E-state index contributed by atoms with van der Waals surface area (Å²) in [5.41, 5.74) is 1.90. The van der Waals surface area contributed by atoms with E-state index in [1.54, 1.807) is 17.3 Å². The number of rotatable bonds is 4. The van der Waals surface area contributed by atoms with E-state index in [4.69, 9.17) is 0 Å². The molecular formula is C26H27F2N5O. The highest BCUT2D eigenvalue weighted by Gasteiger charge is 2.50. The monoisotopic (exact) mass is 463 g/mol. The van der Waals surface area contributed by atoms with E-state index in [-0.39, 0.29) is 22.9 Å². The number of carbonyl (C=O) groups excluding carboxylic acids is 1. The molecule has 1 spiro atoms. The number of carbonyl (C=O) groups is 1. The molecule has 2 aliphatic rings. The molecule has 0 atom stereocenters. The summed E-state index contributed by atoms with van der Waals surface area (Å²) in [4.78, 5) is 25.5. The molecule has 176 valence electrons. The summed E-state index contributed by atoms with van der Waals surface area (Å²) in [6.45, 7) is 0.540. The Morgan fingerprint density at radius 1 is 0.941 bits per heavy atom. The Morgan fingerprint density at radius 3 is 2.24 bits per heavy atom. The molecule has 2 heterocycles. The van der Waals surface area contributed by atoms with Gasteiger partial charge < -0.3 is 5.32 Å². The van der Waals surface area contributed by atoms with Gasteiger partial charge in [0.1, 0.15) is 0 Å². The molecule has 34 heavy (non-hydrogen) atoms. The number of hydrogen-bond donors (Lipinski definition) is 1. The number of urea groups is 1. The van der Waals surface area contributed by atoms with Gasteiger partial charge in [0.15, 0.2) is 17.5 Å². The Morgan fingerprint density at radius 2 is 1.62 bits per heavy atom. The van der Waals surface area contributed by atoms with Crippen LogP contribution < -0.4 is 10.2 Å². The highest BCUT2D eigenvalue weighted by atomic mass is 19.2. The molecule has 1 aromatic heterocycles. The number of nitrogens with zero attached hydrogens (tertiary/aromatic N) is 4. The van der Waals surface area contributed by atoms with Gasteiger partial charge in [-0.2, -0.15) is 0 Å². The first kappa shape index (κ1) is 22.4. The van der Waals surface area contributed by atoms with Crippen LogP contribution in [0.15, 0.2) is 60.9 Å². The molecule has 1 saturated carbocycles. The van der Waals surface area contributed by atoms with E-state index in [0.717, 1.165) is 37.8 Å². The highest BCUT2D eigenvalue weighted by molar-refractivity contribution is 5.95. The third-order valence-electron chi connectivity index (χ3n) is 7.41. The maximum absolute atomic E-state index is 13.6. The maximum atomic E-state index is 13.6. The molecule has 1 aliphatic heterocycles. The molecule has 3 aromatic rings. The second-order valence-electron chi connectivity index (χ2n) is 9.48. The summed E-state index contributed by atoms with van der Waals surface area (Å²) >= 11 is 0. The molecule has 0 radical (unpaired) electrons. The number of aromatic nitrogens is 2.